The Morgan fingerprint density at radius 3 is 2.09 bits per heavy atom. The normalized spacial score (nSPS) is 21.3. The van der Waals surface area contributed by atoms with Crippen LogP contribution >= 0.6 is 11.6 Å². The zero-order valence-electron chi connectivity index (χ0n) is 14.0. The first-order valence-corrected chi connectivity index (χ1v) is 9.34. The van der Waals surface area contributed by atoms with Crippen molar-refractivity contribution in [3.8, 4) is 0 Å². The highest BCUT2D eigenvalue weighted by Crippen LogP contribution is 2.40. The van der Waals surface area contributed by atoms with E-state index < -0.39 is 0 Å². The molecule has 0 amide bonds. The molecule has 0 spiro atoms. The fourth-order valence-electron chi connectivity index (χ4n) is 3.73. The van der Waals surface area contributed by atoms with Gasteiger partial charge in [-0.15, -0.1) is 0 Å². The highest BCUT2D eigenvalue weighted by Gasteiger charge is 2.23. The SMILES string of the molecule is CCCCc1ccc(C2CCC(c3ccc(Cl)nc3)CC2)cc1. The highest BCUT2D eigenvalue weighted by molar-refractivity contribution is 6.29. The molecule has 2 aromatic rings. The van der Waals surface area contributed by atoms with Crippen LogP contribution in [0.3, 0.4) is 0 Å². The molecule has 0 saturated heterocycles. The maximum atomic E-state index is 5.89. The summed E-state index contributed by atoms with van der Waals surface area (Å²) in [6, 6.07) is 13.4. The van der Waals surface area contributed by atoms with Crippen molar-refractivity contribution >= 4 is 11.6 Å². The molecule has 2 heteroatoms. The first kappa shape index (κ1) is 16.5. The van der Waals surface area contributed by atoms with Gasteiger partial charge >= 0.3 is 0 Å². The van der Waals surface area contributed by atoms with E-state index in [1.165, 1.54) is 61.6 Å². The van der Waals surface area contributed by atoms with Gasteiger partial charge in [-0.2, -0.15) is 0 Å². The second-order valence-corrected chi connectivity index (χ2v) is 7.20. The maximum Gasteiger partial charge on any atom is 0.129 e. The molecule has 23 heavy (non-hydrogen) atoms. The predicted octanol–water partition coefficient (Wildman–Crippen LogP) is 6.52. The average Bonchev–Trinajstić information content (AvgIpc) is 2.61. The lowest BCUT2D eigenvalue weighted by Gasteiger charge is -2.29. The fraction of sp³-hybridized carbons (Fsp3) is 0.476. The molecule has 0 bridgehead atoms. The van der Waals surface area contributed by atoms with Crippen molar-refractivity contribution < 1.29 is 0 Å². The van der Waals surface area contributed by atoms with Crippen LogP contribution in [0.25, 0.3) is 0 Å². The Balaban J connectivity index is 1.57. The van der Waals surface area contributed by atoms with Gasteiger partial charge in [0.1, 0.15) is 5.15 Å². The van der Waals surface area contributed by atoms with Gasteiger partial charge in [0, 0.05) is 6.20 Å². The summed E-state index contributed by atoms with van der Waals surface area (Å²) in [6.07, 6.45) is 10.8. The van der Waals surface area contributed by atoms with E-state index in [9.17, 15) is 0 Å². The monoisotopic (exact) mass is 327 g/mol. The van der Waals surface area contributed by atoms with Gasteiger partial charge in [0.05, 0.1) is 0 Å². The zero-order chi connectivity index (χ0) is 16.1. The quantitative estimate of drug-likeness (QED) is 0.570. The van der Waals surface area contributed by atoms with Crippen molar-refractivity contribution in [1.29, 1.82) is 0 Å². The number of aryl methyl sites for hydroxylation is 1. The molecular formula is C21H26ClN. The van der Waals surface area contributed by atoms with E-state index in [1.54, 1.807) is 0 Å². The minimum Gasteiger partial charge on any atom is -0.244 e. The van der Waals surface area contributed by atoms with E-state index >= 15 is 0 Å². The van der Waals surface area contributed by atoms with Crippen LogP contribution in [0.5, 0.6) is 0 Å². The van der Waals surface area contributed by atoms with E-state index in [0.717, 1.165) is 5.92 Å². The lowest BCUT2D eigenvalue weighted by Crippen LogP contribution is -2.12. The summed E-state index contributed by atoms with van der Waals surface area (Å²) in [4.78, 5) is 4.23. The molecule has 1 aliphatic carbocycles. The number of rotatable bonds is 5. The van der Waals surface area contributed by atoms with Crippen LogP contribution < -0.4 is 0 Å². The summed E-state index contributed by atoms with van der Waals surface area (Å²) in [5.41, 5.74) is 4.36. The van der Waals surface area contributed by atoms with E-state index in [1.807, 2.05) is 12.3 Å². The highest BCUT2D eigenvalue weighted by atomic mass is 35.5. The van der Waals surface area contributed by atoms with Crippen molar-refractivity contribution in [2.75, 3.05) is 0 Å². The minimum atomic E-state index is 0.589. The van der Waals surface area contributed by atoms with Gasteiger partial charge in [0.15, 0.2) is 0 Å². The Morgan fingerprint density at radius 2 is 1.52 bits per heavy atom. The van der Waals surface area contributed by atoms with E-state index in [4.69, 9.17) is 11.6 Å². The molecule has 1 heterocycles. The lowest BCUT2D eigenvalue weighted by molar-refractivity contribution is 0.396. The van der Waals surface area contributed by atoms with Crippen molar-refractivity contribution in [3.63, 3.8) is 0 Å². The number of benzene rings is 1. The summed E-state index contributed by atoms with van der Waals surface area (Å²) >= 11 is 5.89. The number of aromatic nitrogens is 1. The number of pyridine rings is 1. The average molecular weight is 328 g/mol. The summed E-state index contributed by atoms with van der Waals surface area (Å²) in [7, 11) is 0. The first-order chi connectivity index (χ1) is 11.3. The van der Waals surface area contributed by atoms with E-state index in [2.05, 4.69) is 42.2 Å². The van der Waals surface area contributed by atoms with Crippen LogP contribution in [0.4, 0.5) is 0 Å². The second kappa shape index (κ2) is 7.97. The van der Waals surface area contributed by atoms with Crippen LogP contribution in [0, 0.1) is 0 Å². The predicted molar refractivity (Wildman–Crippen MR) is 98.3 cm³/mol. The minimum absolute atomic E-state index is 0.589. The summed E-state index contributed by atoms with van der Waals surface area (Å²) in [6.45, 7) is 2.25. The summed E-state index contributed by atoms with van der Waals surface area (Å²) < 4.78 is 0. The van der Waals surface area contributed by atoms with Crippen LogP contribution in [0.1, 0.15) is 74.0 Å². The summed E-state index contributed by atoms with van der Waals surface area (Å²) in [5.74, 6) is 1.38. The van der Waals surface area contributed by atoms with Gasteiger partial charge in [-0.05, 0) is 73.1 Å². The van der Waals surface area contributed by atoms with Crippen LogP contribution in [-0.4, -0.2) is 4.98 Å². The molecule has 1 saturated carbocycles. The maximum absolute atomic E-state index is 5.89. The number of hydrogen-bond donors (Lipinski definition) is 0. The fourth-order valence-corrected chi connectivity index (χ4v) is 3.84. The number of halogens is 1. The van der Waals surface area contributed by atoms with Gasteiger partial charge in [-0.3, -0.25) is 0 Å². The smallest absolute Gasteiger partial charge is 0.129 e. The Labute approximate surface area is 145 Å². The Morgan fingerprint density at radius 1 is 0.913 bits per heavy atom. The van der Waals surface area contributed by atoms with Gasteiger partial charge in [0.25, 0.3) is 0 Å². The van der Waals surface area contributed by atoms with Gasteiger partial charge in [-0.25, -0.2) is 4.98 Å². The van der Waals surface area contributed by atoms with E-state index in [-0.39, 0.29) is 0 Å². The third kappa shape index (κ3) is 4.35. The largest absolute Gasteiger partial charge is 0.244 e. The molecule has 1 aliphatic rings. The van der Waals surface area contributed by atoms with Crippen LogP contribution in [-0.2, 0) is 6.42 Å². The molecule has 1 aromatic carbocycles. The molecule has 1 aromatic heterocycles. The molecular weight excluding hydrogens is 302 g/mol. The van der Waals surface area contributed by atoms with Gasteiger partial charge in [-0.1, -0.05) is 55.3 Å². The van der Waals surface area contributed by atoms with Gasteiger partial charge < -0.3 is 0 Å². The van der Waals surface area contributed by atoms with Crippen molar-refractivity contribution in [3.05, 3.63) is 64.4 Å². The molecule has 0 N–H and O–H groups in total. The topological polar surface area (TPSA) is 12.9 Å². The first-order valence-electron chi connectivity index (χ1n) is 8.96. The molecule has 0 atom stereocenters. The van der Waals surface area contributed by atoms with Gasteiger partial charge in [0.2, 0.25) is 0 Å². The molecule has 122 valence electrons. The zero-order valence-corrected chi connectivity index (χ0v) is 14.7. The molecule has 3 rings (SSSR count). The van der Waals surface area contributed by atoms with Crippen LogP contribution in [0.15, 0.2) is 42.6 Å². The third-order valence-electron chi connectivity index (χ3n) is 5.22. The molecule has 1 fully saturated rings. The molecule has 0 radical (unpaired) electrons. The molecule has 0 aliphatic heterocycles. The van der Waals surface area contributed by atoms with Crippen molar-refractivity contribution in [1.82, 2.24) is 4.98 Å². The lowest BCUT2D eigenvalue weighted by atomic mass is 9.76. The Hall–Kier alpha value is -1.34. The van der Waals surface area contributed by atoms with Crippen LogP contribution in [0.2, 0.25) is 5.15 Å². The Bertz CT molecular complexity index is 595. The molecule has 0 unspecified atom stereocenters. The standard InChI is InChI=1S/C21H26ClN/c1-2-3-4-16-5-7-17(8-6-16)18-9-11-19(12-10-18)20-13-14-21(22)23-15-20/h5-8,13-15,18-19H,2-4,9-12H2,1H3. The van der Waals surface area contributed by atoms with E-state index in [0.29, 0.717) is 11.1 Å². The van der Waals surface area contributed by atoms with Crippen molar-refractivity contribution in [2.24, 2.45) is 0 Å². The third-order valence-corrected chi connectivity index (χ3v) is 5.44. The van der Waals surface area contributed by atoms with Crippen molar-refractivity contribution in [2.45, 2.75) is 63.7 Å². The molecule has 1 nitrogen and oxygen atoms in total. The number of nitrogens with zero attached hydrogens (tertiary/aromatic N) is 1. The number of hydrogen-bond acceptors (Lipinski definition) is 1. The second-order valence-electron chi connectivity index (χ2n) is 6.81. The Kier molecular flexibility index (Phi) is 5.72. The summed E-state index contributed by atoms with van der Waals surface area (Å²) in [5, 5.41) is 0.589. The number of unbranched alkanes of at least 4 members (excludes halogenated alkanes) is 1.